The van der Waals surface area contributed by atoms with Gasteiger partial charge in [0.1, 0.15) is 5.76 Å². The van der Waals surface area contributed by atoms with Gasteiger partial charge in [0.15, 0.2) is 6.29 Å². The second kappa shape index (κ2) is 5.71. The van der Waals surface area contributed by atoms with Crippen molar-refractivity contribution in [3.8, 4) is 0 Å². The van der Waals surface area contributed by atoms with Crippen molar-refractivity contribution in [2.75, 3.05) is 0 Å². The van der Waals surface area contributed by atoms with Crippen LogP contribution in [0.5, 0.6) is 0 Å². The van der Waals surface area contributed by atoms with Gasteiger partial charge in [-0.15, -0.1) is 0 Å². The first-order chi connectivity index (χ1) is 12.3. The van der Waals surface area contributed by atoms with Gasteiger partial charge in [0, 0.05) is 0 Å². The average molecular weight is 358 g/mol. The van der Waals surface area contributed by atoms with Gasteiger partial charge in [-0.05, 0) is 80.1 Å². The number of allylic oxidation sites excluding steroid dienone is 2. The molecule has 0 unspecified atom stereocenters. The fourth-order valence-electron chi connectivity index (χ4n) is 7.46. The van der Waals surface area contributed by atoms with E-state index in [1.165, 1.54) is 19.3 Å². The smallest absolute Gasteiger partial charge is 0.234 e. The monoisotopic (exact) mass is 358 g/mol. The maximum absolute atomic E-state index is 12.3. The number of hydrogen-bond acceptors (Lipinski definition) is 4. The van der Waals surface area contributed by atoms with Crippen molar-refractivity contribution in [1.29, 1.82) is 0 Å². The van der Waals surface area contributed by atoms with E-state index in [0.717, 1.165) is 30.8 Å². The zero-order valence-corrected chi connectivity index (χ0v) is 16.0. The summed E-state index contributed by atoms with van der Waals surface area (Å²) in [6.07, 6.45) is 8.07. The van der Waals surface area contributed by atoms with Crippen molar-refractivity contribution in [1.82, 2.24) is 0 Å². The van der Waals surface area contributed by atoms with Crippen LogP contribution in [0.25, 0.3) is 0 Å². The molecule has 3 fully saturated rings. The van der Waals surface area contributed by atoms with Crippen LogP contribution >= 0.6 is 0 Å². The molecule has 4 aliphatic carbocycles. The fraction of sp³-hybridized carbons (Fsp3) is 0.727. The van der Waals surface area contributed by atoms with Crippen LogP contribution in [0.4, 0.5) is 0 Å². The normalized spacial score (nSPS) is 45.3. The molecule has 0 aromatic heterocycles. The van der Waals surface area contributed by atoms with Crippen LogP contribution in [-0.4, -0.2) is 22.3 Å². The molecule has 0 aromatic carbocycles. The van der Waals surface area contributed by atoms with Gasteiger partial charge in [0.05, 0.1) is 11.0 Å². The number of hydrogen-bond donors (Lipinski definition) is 2. The highest BCUT2D eigenvalue weighted by Crippen LogP contribution is 2.67. The number of fused-ring (bicyclic) bond motifs is 5. The number of Topliss-reactive ketones (excluding diaryl/α,β-unsaturated/α-hetero) is 1. The van der Waals surface area contributed by atoms with Crippen LogP contribution in [0, 0.1) is 34.5 Å². The quantitative estimate of drug-likeness (QED) is 0.556. The van der Waals surface area contributed by atoms with E-state index in [1.54, 1.807) is 0 Å². The minimum atomic E-state index is -0.775. The Morgan fingerprint density at radius 3 is 2.50 bits per heavy atom. The first-order valence-corrected chi connectivity index (χ1v) is 10.2. The molecule has 4 nitrogen and oxygen atoms in total. The minimum absolute atomic E-state index is 0.0763. The van der Waals surface area contributed by atoms with Gasteiger partial charge in [-0.3, -0.25) is 9.59 Å². The molecule has 0 aliphatic heterocycles. The Bertz CT molecular complexity index is 732. The van der Waals surface area contributed by atoms with Gasteiger partial charge in [-0.2, -0.15) is 0 Å². The average Bonchev–Trinajstić information content (AvgIpc) is 2.98. The summed E-state index contributed by atoms with van der Waals surface area (Å²) >= 11 is 0. The van der Waals surface area contributed by atoms with Crippen LogP contribution in [0.15, 0.2) is 22.7 Å². The van der Waals surface area contributed by atoms with E-state index in [9.17, 15) is 19.8 Å². The maximum Gasteiger partial charge on any atom is 0.234 e. The van der Waals surface area contributed by atoms with Gasteiger partial charge in [0.2, 0.25) is 11.5 Å². The van der Waals surface area contributed by atoms with E-state index in [0.29, 0.717) is 30.0 Å². The summed E-state index contributed by atoms with van der Waals surface area (Å²) in [6, 6.07) is 0. The standard InChI is InChI=1S/C22H30O4/c1-4-12-5-7-15-13-6-8-16-14(11-23)18(24)19(25)20(26)22(16,3)17(13)9-10-21(12,15)2/h11-13,15,17,25-26H,4-10H2,1-3H3/t12-,13+,15+,17+,21-,22+/m1/s1. The second-order valence-corrected chi connectivity index (χ2v) is 9.38. The Labute approximate surface area is 155 Å². The molecule has 2 N–H and O–H groups in total. The molecular formula is C22H30O4. The first kappa shape index (κ1) is 17.8. The van der Waals surface area contributed by atoms with E-state index >= 15 is 0 Å². The maximum atomic E-state index is 12.3. The van der Waals surface area contributed by atoms with Gasteiger partial charge in [-0.25, -0.2) is 0 Å². The molecule has 4 aliphatic rings. The second-order valence-electron chi connectivity index (χ2n) is 9.38. The molecule has 0 heterocycles. The van der Waals surface area contributed by atoms with E-state index in [2.05, 4.69) is 13.8 Å². The Morgan fingerprint density at radius 2 is 1.85 bits per heavy atom. The van der Waals surface area contributed by atoms with Crippen molar-refractivity contribution in [3.05, 3.63) is 22.7 Å². The molecule has 4 heteroatoms. The lowest BCUT2D eigenvalue weighted by Crippen LogP contribution is -2.52. The number of aldehydes is 1. The molecule has 4 rings (SSSR count). The number of carbonyl (C=O) groups is 2. The van der Waals surface area contributed by atoms with Crippen LogP contribution in [-0.2, 0) is 9.59 Å². The van der Waals surface area contributed by atoms with Crippen molar-refractivity contribution in [2.45, 2.75) is 65.7 Å². The predicted octanol–water partition coefficient (Wildman–Crippen LogP) is 4.66. The van der Waals surface area contributed by atoms with Crippen LogP contribution < -0.4 is 0 Å². The number of carbonyl (C=O) groups excluding carboxylic acids is 2. The Balaban J connectivity index is 1.79. The van der Waals surface area contributed by atoms with Crippen molar-refractivity contribution in [3.63, 3.8) is 0 Å². The van der Waals surface area contributed by atoms with E-state index in [-0.39, 0.29) is 17.3 Å². The number of aliphatic hydroxyl groups is 2. The van der Waals surface area contributed by atoms with Crippen molar-refractivity contribution >= 4 is 12.1 Å². The zero-order valence-electron chi connectivity index (χ0n) is 16.0. The van der Waals surface area contributed by atoms with Crippen molar-refractivity contribution < 1.29 is 19.8 Å². The molecule has 26 heavy (non-hydrogen) atoms. The van der Waals surface area contributed by atoms with E-state index in [1.807, 2.05) is 6.92 Å². The van der Waals surface area contributed by atoms with Gasteiger partial charge >= 0.3 is 0 Å². The SMILES string of the molecule is CC[C@@H]1CC[C@H]2[C@@H]3CCC4=C(C=O)C(=O)C(O)=C(O)[C@]4(C)[C@H]3CC[C@]12C. The highest BCUT2D eigenvalue weighted by Gasteiger charge is 2.61. The largest absolute Gasteiger partial charge is 0.507 e. The van der Waals surface area contributed by atoms with Gasteiger partial charge < -0.3 is 10.2 Å². The number of rotatable bonds is 2. The van der Waals surface area contributed by atoms with Crippen LogP contribution in [0.1, 0.15) is 65.7 Å². The summed E-state index contributed by atoms with van der Waals surface area (Å²) in [7, 11) is 0. The molecule has 6 atom stereocenters. The summed E-state index contributed by atoms with van der Waals surface area (Å²) in [5, 5.41) is 21.1. The minimum Gasteiger partial charge on any atom is -0.507 e. The highest BCUT2D eigenvalue weighted by atomic mass is 16.3. The summed E-state index contributed by atoms with van der Waals surface area (Å²) in [5.74, 6) is 0.541. The summed E-state index contributed by atoms with van der Waals surface area (Å²) in [5.41, 5.74) is 0.422. The third-order valence-corrected chi connectivity index (χ3v) is 8.84. The zero-order chi connectivity index (χ0) is 18.9. The van der Waals surface area contributed by atoms with Crippen LogP contribution in [0.2, 0.25) is 0 Å². The van der Waals surface area contributed by atoms with Gasteiger partial charge in [-0.1, -0.05) is 20.3 Å². The summed E-state index contributed by atoms with van der Waals surface area (Å²) < 4.78 is 0. The van der Waals surface area contributed by atoms with E-state index < -0.39 is 17.0 Å². The highest BCUT2D eigenvalue weighted by molar-refractivity contribution is 6.20. The van der Waals surface area contributed by atoms with E-state index in [4.69, 9.17) is 0 Å². The molecule has 0 bridgehead atoms. The lowest BCUT2D eigenvalue weighted by Gasteiger charge is -2.57. The predicted molar refractivity (Wildman–Crippen MR) is 98.5 cm³/mol. The number of ketones is 1. The third kappa shape index (κ3) is 1.96. The molecule has 0 saturated heterocycles. The van der Waals surface area contributed by atoms with Crippen molar-refractivity contribution in [2.24, 2.45) is 34.5 Å². The molecule has 0 amide bonds. The Kier molecular flexibility index (Phi) is 3.91. The fourth-order valence-corrected chi connectivity index (χ4v) is 7.46. The first-order valence-electron chi connectivity index (χ1n) is 10.2. The molecule has 0 radical (unpaired) electrons. The Morgan fingerprint density at radius 1 is 1.12 bits per heavy atom. The summed E-state index contributed by atoms with van der Waals surface area (Å²) in [4.78, 5) is 23.9. The Hall–Kier alpha value is -1.58. The lowest BCUT2D eigenvalue weighted by molar-refractivity contribution is -0.119. The van der Waals surface area contributed by atoms with Gasteiger partial charge in [0.25, 0.3) is 0 Å². The molecule has 0 aromatic rings. The third-order valence-electron chi connectivity index (χ3n) is 8.84. The molecule has 3 saturated carbocycles. The molecule has 0 spiro atoms. The van der Waals surface area contributed by atoms with Crippen LogP contribution in [0.3, 0.4) is 0 Å². The number of aliphatic hydroxyl groups excluding tert-OH is 2. The topological polar surface area (TPSA) is 74.6 Å². The summed E-state index contributed by atoms with van der Waals surface area (Å²) in [6.45, 7) is 6.69. The lowest BCUT2D eigenvalue weighted by atomic mass is 9.46. The molecular weight excluding hydrogens is 328 g/mol. The molecule has 142 valence electrons.